The molecule has 0 aliphatic carbocycles. The first-order valence-electron chi connectivity index (χ1n) is 12.5. The molecule has 4 heterocycles. The fourth-order valence-corrected chi connectivity index (χ4v) is 4.06. The zero-order valence-electron chi connectivity index (χ0n) is 21.4. The van der Waals surface area contributed by atoms with Gasteiger partial charge in [-0.25, -0.2) is 19.9 Å². The van der Waals surface area contributed by atoms with Crippen molar-refractivity contribution in [2.75, 3.05) is 0 Å². The van der Waals surface area contributed by atoms with Gasteiger partial charge in [-0.2, -0.15) is 0 Å². The standard InChI is InChI=1S/C24H30N12O4/c25-19(2-15-6-27-11-31-15)22(38)35-21(4-17-8-29-13-33-17)24(40)36-20(3-16-7-28-12-32-16)23(39)34-18(9-37)1-14-5-26-10-30-14/h5-13,18-21H,1-4,25H2,(H,26,30)(H,27,31)(H,28,32)(H,29,33)(H,34,39)(H,35,38)(H,36,40)/p+2/t18-,19-,20-,21-/m0/s1. The zero-order valence-corrected chi connectivity index (χ0v) is 21.4. The third-order valence-corrected chi connectivity index (χ3v) is 6.13. The molecule has 40 heavy (non-hydrogen) atoms. The highest BCUT2D eigenvalue weighted by molar-refractivity contribution is 5.93. The molecular weight excluding hydrogens is 520 g/mol. The van der Waals surface area contributed by atoms with E-state index in [0.29, 0.717) is 29.1 Å². The Bertz CT molecular complexity index is 1340. The summed E-state index contributed by atoms with van der Waals surface area (Å²) in [6, 6.07) is -3.94. The number of aromatic nitrogens is 8. The predicted octanol–water partition coefficient (Wildman–Crippen LogP) is -3.33. The van der Waals surface area contributed by atoms with Crippen LogP contribution in [0.1, 0.15) is 22.8 Å². The molecule has 16 nitrogen and oxygen atoms in total. The number of hydrogen-bond donors (Lipinski definition) is 8. The first kappa shape index (κ1) is 27.9. The second kappa shape index (κ2) is 13.6. The third-order valence-electron chi connectivity index (χ3n) is 6.13. The van der Waals surface area contributed by atoms with E-state index in [1.165, 1.54) is 18.9 Å². The van der Waals surface area contributed by atoms with Crippen LogP contribution in [0.25, 0.3) is 0 Å². The van der Waals surface area contributed by atoms with Crippen molar-refractivity contribution in [1.82, 2.24) is 45.9 Å². The molecule has 0 spiro atoms. The van der Waals surface area contributed by atoms with E-state index in [9.17, 15) is 19.2 Å². The van der Waals surface area contributed by atoms with Gasteiger partial charge in [-0.3, -0.25) is 24.4 Å². The highest BCUT2D eigenvalue weighted by atomic mass is 16.2. The van der Waals surface area contributed by atoms with Crippen molar-refractivity contribution in [2.24, 2.45) is 5.73 Å². The molecule has 210 valence electrons. The van der Waals surface area contributed by atoms with Crippen LogP contribution >= 0.6 is 0 Å². The van der Waals surface area contributed by atoms with E-state index in [2.05, 4.69) is 55.8 Å². The van der Waals surface area contributed by atoms with E-state index in [4.69, 9.17) is 5.73 Å². The van der Waals surface area contributed by atoms with Gasteiger partial charge in [0.15, 0.2) is 0 Å². The minimum Gasteiger partial charge on any atom is -0.348 e. The SMILES string of the molecule is N[C@@H](Cc1cnc[nH]1)C(=O)N[C@@H](Cc1cnc[nH]1)C(=O)N[C@@H](Cc1c[nH+]c[nH]1)C(=O)N[C@H](C=O)Cc1c[nH+]c[nH]1. The Labute approximate surface area is 227 Å². The maximum absolute atomic E-state index is 13.5. The lowest BCUT2D eigenvalue weighted by Crippen LogP contribution is -2.58. The summed E-state index contributed by atoms with van der Waals surface area (Å²) >= 11 is 0. The molecule has 3 amide bonds. The molecule has 4 atom stereocenters. The summed E-state index contributed by atoms with van der Waals surface area (Å²) in [5.41, 5.74) is 8.68. The first-order valence-corrected chi connectivity index (χ1v) is 12.5. The van der Waals surface area contributed by atoms with Crippen molar-refractivity contribution in [3.63, 3.8) is 0 Å². The number of H-pyrrole nitrogens is 6. The van der Waals surface area contributed by atoms with Gasteiger partial charge in [-0.15, -0.1) is 0 Å². The van der Waals surface area contributed by atoms with Crippen LogP contribution in [-0.2, 0) is 44.9 Å². The molecule has 0 radical (unpaired) electrons. The third kappa shape index (κ3) is 7.94. The molecule has 0 aliphatic heterocycles. The van der Waals surface area contributed by atoms with Crippen molar-refractivity contribution < 1.29 is 29.1 Å². The lowest BCUT2D eigenvalue weighted by atomic mass is 10.1. The number of aldehydes is 1. The van der Waals surface area contributed by atoms with E-state index in [1.807, 2.05) is 0 Å². The van der Waals surface area contributed by atoms with Gasteiger partial charge in [0.2, 0.25) is 30.4 Å². The Balaban J connectivity index is 1.47. The van der Waals surface area contributed by atoms with Gasteiger partial charge < -0.3 is 36.4 Å². The van der Waals surface area contributed by atoms with Crippen molar-refractivity contribution >= 4 is 24.0 Å². The summed E-state index contributed by atoms with van der Waals surface area (Å²) < 4.78 is 0. The van der Waals surface area contributed by atoms with Crippen LogP contribution in [0.3, 0.4) is 0 Å². The molecule has 0 saturated carbocycles. The molecule has 4 rings (SSSR count). The summed E-state index contributed by atoms with van der Waals surface area (Å²) in [5.74, 6) is -1.75. The van der Waals surface area contributed by atoms with E-state index in [-0.39, 0.29) is 25.7 Å². The van der Waals surface area contributed by atoms with Crippen LogP contribution in [0.5, 0.6) is 0 Å². The lowest BCUT2D eigenvalue weighted by Gasteiger charge is -2.24. The van der Waals surface area contributed by atoms with Gasteiger partial charge in [0, 0.05) is 49.5 Å². The molecular formula is C24H32N12O4+2. The number of hydrogen-bond acceptors (Lipinski definition) is 7. The predicted molar refractivity (Wildman–Crippen MR) is 137 cm³/mol. The topological polar surface area (TPSA) is 248 Å². The highest BCUT2D eigenvalue weighted by Gasteiger charge is 2.31. The van der Waals surface area contributed by atoms with Crippen LogP contribution in [0.2, 0.25) is 0 Å². The van der Waals surface area contributed by atoms with Crippen LogP contribution < -0.4 is 31.7 Å². The Morgan fingerprint density at radius 2 is 1.27 bits per heavy atom. The first-order chi connectivity index (χ1) is 19.4. The van der Waals surface area contributed by atoms with Crippen LogP contribution in [-0.4, -0.2) is 78.1 Å². The van der Waals surface area contributed by atoms with Gasteiger partial charge in [-0.05, 0) is 0 Å². The molecule has 0 aliphatic rings. The number of nitrogens with one attached hydrogen (secondary N) is 9. The average molecular weight is 553 g/mol. The van der Waals surface area contributed by atoms with Gasteiger partial charge >= 0.3 is 0 Å². The average Bonchev–Trinajstić information content (AvgIpc) is 3.76. The summed E-state index contributed by atoms with van der Waals surface area (Å²) in [7, 11) is 0. The maximum atomic E-state index is 13.5. The van der Waals surface area contributed by atoms with Crippen molar-refractivity contribution in [3.8, 4) is 0 Å². The van der Waals surface area contributed by atoms with Crippen LogP contribution in [0, 0.1) is 0 Å². The minimum absolute atomic E-state index is 0.0687. The van der Waals surface area contributed by atoms with Crippen molar-refractivity contribution in [1.29, 1.82) is 0 Å². The number of aromatic amines is 6. The quantitative estimate of drug-likeness (QED) is 0.0696. The molecule has 0 bridgehead atoms. The van der Waals surface area contributed by atoms with E-state index in [0.717, 1.165) is 0 Å². The molecule has 0 unspecified atom stereocenters. The molecule has 0 fully saturated rings. The second-order valence-electron chi connectivity index (χ2n) is 9.20. The number of nitrogens with zero attached hydrogens (tertiary/aromatic N) is 2. The van der Waals surface area contributed by atoms with Crippen molar-refractivity contribution in [3.05, 3.63) is 72.9 Å². The zero-order chi connectivity index (χ0) is 28.3. The number of imidazole rings is 4. The molecule has 4 aromatic rings. The monoisotopic (exact) mass is 552 g/mol. The van der Waals surface area contributed by atoms with Crippen LogP contribution in [0.4, 0.5) is 0 Å². The fraction of sp³-hybridized carbons (Fsp3) is 0.333. The number of carbonyl (C=O) groups excluding carboxylic acids is 4. The van der Waals surface area contributed by atoms with E-state index >= 15 is 0 Å². The number of rotatable bonds is 15. The van der Waals surface area contributed by atoms with Gasteiger partial charge in [0.05, 0.1) is 24.7 Å². The Morgan fingerprint density at radius 1 is 0.750 bits per heavy atom. The number of amides is 3. The van der Waals surface area contributed by atoms with Crippen LogP contribution in [0.15, 0.2) is 50.1 Å². The molecule has 0 saturated heterocycles. The largest absolute Gasteiger partial charge is 0.348 e. The summed E-state index contributed by atoms with van der Waals surface area (Å²) in [5, 5.41) is 8.09. The van der Waals surface area contributed by atoms with E-state index < -0.39 is 41.9 Å². The molecule has 11 N–H and O–H groups in total. The Kier molecular flexibility index (Phi) is 9.49. The van der Waals surface area contributed by atoms with Gasteiger partial charge in [0.25, 0.3) is 0 Å². The number of nitrogens with two attached hydrogens (primary N) is 1. The van der Waals surface area contributed by atoms with Crippen molar-refractivity contribution in [2.45, 2.75) is 49.9 Å². The number of carbonyl (C=O) groups is 4. The minimum atomic E-state index is -1.08. The molecule has 0 aromatic carbocycles. The Morgan fingerprint density at radius 3 is 1.80 bits per heavy atom. The normalized spacial score (nSPS) is 14.0. The summed E-state index contributed by atoms with van der Waals surface area (Å²) in [6.07, 6.45) is 13.7. The van der Waals surface area contributed by atoms with Gasteiger partial charge in [-0.1, -0.05) is 0 Å². The second-order valence-corrected chi connectivity index (χ2v) is 9.20. The maximum Gasteiger partial charge on any atom is 0.243 e. The molecule has 4 aromatic heterocycles. The fourth-order valence-electron chi connectivity index (χ4n) is 4.06. The smallest absolute Gasteiger partial charge is 0.243 e. The molecule has 16 heteroatoms. The summed E-state index contributed by atoms with van der Waals surface area (Å²) in [4.78, 5) is 76.7. The Hall–Kier alpha value is -5.12. The summed E-state index contributed by atoms with van der Waals surface area (Å²) in [6.45, 7) is 0. The van der Waals surface area contributed by atoms with Gasteiger partial charge in [0.1, 0.15) is 42.2 Å². The highest BCUT2D eigenvalue weighted by Crippen LogP contribution is 2.05. The lowest BCUT2D eigenvalue weighted by molar-refractivity contribution is -0.376. The van der Waals surface area contributed by atoms with E-state index in [1.54, 1.807) is 31.2 Å².